The van der Waals surface area contributed by atoms with E-state index < -0.39 is 18.2 Å². The standard InChI is InChI=1S/C14H17BrF3NO/c15-11-4-5-12(19-8-11)7-13(20)9-2-1-3-10(6-9)14(16,17)18/h4-5,8-10,13,20H,1-3,6-7H2. The molecule has 112 valence electrons. The molecule has 1 heterocycles. The van der Waals surface area contributed by atoms with Gasteiger partial charge in [0.2, 0.25) is 0 Å². The van der Waals surface area contributed by atoms with Crippen molar-refractivity contribution in [2.45, 2.75) is 44.4 Å². The zero-order valence-corrected chi connectivity index (χ0v) is 12.5. The summed E-state index contributed by atoms with van der Waals surface area (Å²) < 4.78 is 39.1. The minimum absolute atomic E-state index is 0.0290. The van der Waals surface area contributed by atoms with Gasteiger partial charge in [0.1, 0.15) is 0 Å². The average Bonchev–Trinajstić information content (AvgIpc) is 2.40. The maximum Gasteiger partial charge on any atom is 0.391 e. The highest BCUT2D eigenvalue weighted by molar-refractivity contribution is 9.10. The fraction of sp³-hybridized carbons (Fsp3) is 0.643. The molecule has 3 unspecified atom stereocenters. The molecule has 0 spiro atoms. The maximum absolute atomic E-state index is 12.8. The summed E-state index contributed by atoms with van der Waals surface area (Å²) in [7, 11) is 0. The molecular formula is C14H17BrF3NO. The van der Waals surface area contributed by atoms with E-state index in [2.05, 4.69) is 20.9 Å². The predicted octanol–water partition coefficient (Wildman–Crippen LogP) is 4.12. The van der Waals surface area contributed by atoms with Crippen LogP contribution in [0, 0.1) is 11.8 Å². The first-order valence-electron chi connectivity index (χ1n) is 6.71. The average molecular weight is 352 g/mol. The van der Waals surface area contributed by atoms with Crippen molar-refractivity contribution in [1.82, 2.24) is 4.98 Å². The van der Waals surface area contributed by atoms with Crippen molar-refractivity contribution in [1.29, 1.82) is 0 Å². The first-order valence-corrected chi connectivity index (χ1v) is 7.51. The second-order valence-corrected chi connectivity index (χ2v) is 6.32. The van der Waals surface area contributed by atoms with Crippen LogP contribution in [0.15, 0.2) is 22.8 Å². The van der Waals surface area contributed by atoms with Crippen LogP contribution in [0.5, 0.6) is 0 Å². The molecule has 0 bridgehead atoms. The lowest BCUT2D eigenvalue weighted by Gasteiger charge is -2.33. The molecule has 3 atom stereocenters. The molecule has 0 aromatic carbocycles. The lowest BCUT2D eigenvalue weighted by Crippen LogP contribution is -2.34. The van der Waals surface area contributed by atoms with Crippen LogP contribution in [0.4, 0.5) is 13.2 Å². The molecule has 2 rings (SSSR count). The van der Waals surface area contributed by atoms with Gasteiger partial charge in [0.05, 0.1) is 12.0 Å². The SMILES string of the molecule is OC(Cc1ccc(Br)cn1)C1CCCC(C(F)(F)F)C1. The van der Waals surface area contributed by atoms with Gasteiger partial charge in [-0.2, -0.15) is 13.2 Å². The summed E-state index contributed by atoms with van der Waals surface area (Å²) in [4.78, 5) is 4.15. The van der Waals surface area contributed by atoms with Crippen LogP contribution in [-0.2, 0) is 6.42 Å². The molecule has 1 aromatic rings. The van der Waals surface area contributed by atoms with Gasteiger partial charge < -0.3 is 5.11 Å². The number of hydrogen-bond donors (Lipinski definition) is 1. The third-order valence-electron chi connectivity index (χ3n) is 3.93. The molecule has 1 aliphatic carbocycles. The molecule has 1 aromatic heterocycles. The van der Waals surface area contributed by atoms with Crippen molar-refractivity contribution in [3.63, 3.8) is 0 Å². The van der Waals surface area contributed by atoms with Gasteiger partial charge in [0.15, 0.2) is 0 Å². The zero-order chi connectivity index (χ0) is 14.8. The van der Waals surface area contributed by atoms with E-state index in [1.165, 1.54) is 0 Å². The van der Waals surface area contributed by atoms with E-state index >= 15 is 0 Å². The molecule has 2 nitrogen and oxygen atoms in total. The fourth-order valence-electron chi connectivity index (χ4n) is 2.78. The summed E-state index contributed by atoms with van der Waals surface area (Å²) in [6.45, 7) is 0. The minimum atomic E-state index is -4.14. The number of nitrogens with zero attached hydrogens (tertiary/aromatic N) is 1. The Bertz CT molecular complexity index is 435. The second-order valence-electron chi connectivity index (χ2n) is 5.40. The number of aliphatic hydroxyl groups is 1. The topological polar surface area (TPSA) is 33.1 Å². The van der Waals surface area contributed by atoms with Gasteiger partial charge in [0, 0.05) is 22.8 Å². The van der Waals surface area contributed by atoms with Gasteiger partial charge in [-0.3, -0.25) is 4.98 Å². The summed E-state index contributed by atoms with van der Waals surface area (Å²) >= 11 is 3.27. The fourth-order valence-corrected chi connectivity index (χ4v) is 3.02. The van der Waals surface area contributed by atoms with E-state index in [9.17, 15) is 18.3 Å². The molecular weight excluding hydrogens is 335 g/mol. The van der Waals surface area contributed by atoms with Crippen LogP contribution in [0.3, 0.4) is 0 Å². The Balaban J connectivity index is 1.95. The molecule has 0 amide bonds. The molecule has 1 N–H and O–H groups in total. The second kappa shape index (κ2) is 6.43. The Labute approximate surface area is 124 Å². The normalized spacial score (nSPS) is 25.4. The van der Waals surface area contributed by atoms with Crippen molar-refractivity contribution >= 4 is 15.9 Å². The lowest BCUT2D eigenvalue weighted by atomic mass is 9.77. The first kappa shape index (κ1) is 15.8. The summed E-state index contributed by atoms with van der Waals surface area (Å²) in [5, 5.41) is 10.2. The van der Waals surface area contributed by atoms with E-state index in [1.807, 2.05) is 6.07 Å². The van der Waals surface area contributed by atoms with E-state index in [4.69, 9.17) is 0 Å². The van der Waals surface area contributed by atoms with Gasteiger partial charge in [-0.15, -0.1) is 0 Å². The molecule has 6 heteroatoms. The molecule has 20 heavy (non-hydrogen) atoms. The van der Waals surface area contributed by atoms with Crippen molar-refractivity contribution in [2.75, 3.05) is 0 Å². The summed E-state index contributed by atoms with van der Waals surface area (Å²) in [6.07, 6.45) is -1.57. The van der Waals surface area contributed by atoms with E-state index in [0.29, 0.717) is 25.0 Å². The van der Waals surface area contributed by atoms with Gasteiger partial charge in [0.25, 0.3) is 0 Å². The van der Waals surface area contributed by atoms with E-state index in [0.717, 1.165) is 4.47 Å². The molecule has 1 aliphatic rings. The van der Waals surface area contributed by atoms with Crippen molar-refractivity contribution in [2.24, 2.45) is 11.8 Å². The molecule has 1 saturated carbocycles. The quantitative estimate of drug-likeness (QED) is 0.888. The van der Waals surface area contributed by atoms with Crippen LogP contribution in [-0.4, -0.2) is 22.4 Å². The minimum Gasteiger partial charge on any atom is -0.392 e. The summed E-state index contributed by atoms with van der Waals surface area (Å²) in [5.74, 6) is -1.56. The molecule has 0 radical (unpaired) electrons. The van der Waals surface area contributed by atoms with E-state index in [-0.39, 0.29) is 18.8 Å². The molecule has 1 fully saturated rings. The van der Waals surface area contributed by atoms with Gasteiger partial charge >= 0.3 is 6.18 Å². The number of rotatable bonds is 3. The van der Waals surface area contributed by atoms with Crippen molar-refractivity contribution < 1.29 is 18.3 Å². The summed E-state index contributed by atoms with van der Waals surface area (Å²) in [5.41, 5.74) is 0.704. The smallest absolute Gasteiger partial charge is 0.391 e. The Morgan fingerprint density at radius 1 is 1.35 bits per heavy atom. The summed E-state index contributed by atoms with van der Waals surface area (Å²) in [6, 6.07) is 3.59. The Morgan fingerprint density at radius 3 is 2.70 bits per heavy atom. The van der Waals surface area contributed by atoms with Crippen molar-refractivity contribution in [3.8, 4) is 0 Å². The Morgan fingerprint density at radius 2 is 2.10 bits per heavy atom. The number of pyridine rings is 1. The Kier molecular flexibility index (Phi) is 5.07. The third kappa shape index (κ3) is 4.19. The zero-order valence-electron chi connectivity index (χ0n) is 10.9. The molecule has 0 saturated heterocycles. The number of hydrogen-bond acceptors (Lipinski definition) is 2. The number of aromatic nitrogens is 1. The van der Waals surface area contributed by atoms with E-state index in [1.54, 1.807) is 12.3 Å². The van der Waals surface area contributed by atoms with Gasteiger partial charge in [-0.25, -0.2) is 0 Å². The number of halogens is 4. The van der Waals surface area contributed by atoms with Gasteiger partial charge in [-0.05, 0) is 53.2 Å². The van der Waals surface area contributed by atoms with Crippen molar-refractivity contribution in [3.05, 3.63) is 28.5 Å². The largest absolute Gasteiger partial charge is 0.392 e. The van der Waals surface area contributed by atoms with Crippen LogP contribution in [0.2, 0.25) is 0 Å². The first-order chi connectivity index (χ1) is 9.36. The van der Waals surface area contributed by atoms with Gasteiger partial charge in [-0.1, -0.05) is 6.42 Å². The lowest BCUT2D eigenvalue weighted by molar-refractivity contribution is -0.188. The van der Waals surface area contributed by atoms with Crippen LogP contribution < -0.4 is 0 Å². The Hall–Kier alpha value is -0.620. The van der Waals surface area contributed by atoms with Crippen LogP contribution in [0.25, 0.3) is 0 Å². The monoisotopic (exact) mass is 351 g/mol. The molecule has 0 aliphatic heterocycles. The number of alkyl halides is 3. The highest BCUT2D eigenvalue weighted by atomic mass is 79.9. The predicted molar refractivity (Wildman–Crippen MR) is 73.2 cm³/mol. The maximum atomic E-state index is 12.8. The number of aliphatic hydroxyl groups excluding tert-OH is 1. The van der Waals surface area contributed by atoms with Crippen LogP contribution in [0.1, 0.15) is 31.4 Å². The third-order valence-corrected chi connectivity index (χ3v) is 4.40. The highest BCUT2D eigenvalue weighted by Gasteiger charge is 2.43. The van der Waals surface area contributed by atoms with Crippen LogP contribution >= 0.6 is 15.9 Å². The highest BCUT2D eigenvalue weighted by Crippen LogP contribution is 2.41.